The Morgan fingerprint density at radius 1 is 0.897 bits per heavy atom. The lowest BCUT2D eigenvalue weighted by Gasteiger charge is -2.40. The summed E-state index contributed by atoms with van der Waals surface area (Å²) in [5.74, 6) is 0.788. The van der Waals surface area contributed by atoms with E-state index in [4.69, 9.17) is 0 Å². The van der Waals surface area contributed by atoms with E-state index in [0.29, 0.717) is 0 Å². The number of rotatable bonds is 5. The summed E-state index contributed by atoms with van der Waals surface area (Å²) in [6, 6.07) is 12.8. The number of aromatic nitrogens is 5. The van der Waals surface area contributed by atoms with Crippen molar-refractivity contribution in [3.05, 3.63) is 80.4 Å². The number of tetrazole rings is 1. The van der Waals surface area contributed by atoms with Crippen LogP contribution in [0.3, 0.4) is 0 Å². The SMILES string of the molecule is Cc1cc2cc(C(c3nnnn3C3CCCCC3)N3CCN(c4cccc(C)c4C)CC3)c(=O)[nH]c2cc1C. The van der Waals surface area contributed by atoms with E-state index in [0.717, 1.165) is 61.3 Å². The topological polar surface area (TPSA) is 82.9 Å². The van der Waals surface area contributed by atoms with Gasteiger partial charge in [0.05, 0.1) is 6.04 Å². The number of aryl methyl sites for hydroxylation is 3. The van der Waals surface area contributed by atoms with E-state index in [2.05, 4.69) is 94.4 Å². The predicted molar refractivity (Wildman–Crippen MR) is 156 cm³/mol. The van der Waals surface area contributed by atoms with Crippen molar-refractivity contribution in [2.45, 2.75) is 71.9 Å². The van der Waals surface area contributed by atoms with Gasteiger partial charge in [-0.05, 0) is 103 Å². The molecule has 3 heterocycles. The molecule has 1 aliphatic heterocycles. The minimum absolute atomic E-state index is 0.0640. The molecule has 2 aromatic heterocycles. The standard InChI is InChI=1S/C31H39N7O/c1-20-9-8-12-28(23(20)4)36-13-15-37(16-14-36)29(30-33-34-35-38(30)25-10-6-5-7-11-25)26-19-24-17-21(2)22(3)18-27(24)32-31(26)39/h8-9,12,17-19,25,29H,5-7,10-11,13-16H2,1-4H3,(H,32,39). The monoisotopic (exact) mass is 525 g/mol. The minimum atomic E-state index is -0.308. The molecule has 2 fully saturated rings. The Bertz CT molecular complexity index is 1540. The molecule has 2 aromatic carbocycles. The van der Waals surface area contributed by atoms with Gasteiger partial charge >= 0.3 is 0 Å². The van der Waals surface area contributed by atoms with Crippen molar-refractivity contribution in [2.75, 3.05) is 31.1 Å². The van der Waals surface area contributed by atoms with Crippen LogP contribution in [0.4, 0.5) is 5.69 Å². The van der Waals surface area contributed by atoms with Crippen molar-refractivity contribution >= 4 is 16.6 Å². The van der Waals surface area contributed by atoms with Crippen molar-refractivity contribution in [3.63, 3.8) is 0 Å². The first-order valence-electron chi connectivity index (χ1n) is 14.4. The van der Waals surface area contributed by atoms with Crippen LogP contribution < -0.4 is 10.5 Å². The van der Waals surface area contributed by atoms with Crippen molar-refractivity contribution in [2.24, 2.45) is 0 Å². The lowest BCUT2D eigenvalue weighted by Crippen LogP contribution is -2.49. The molecule has 1 unspecified atom stereocenters. The summed E-state index contributed by atoms with van der Waals surface area (Å²) in [4.78, 5) is 21.8. The maximum atomic E-state index is 13.7. The summed E-state index contributed by atoms with van der Waals surface area (Å²) in [6.07, 6.45) is 5.81. The van der Waals surface area contributed by atoms with Gasteiger partial charge in [-0.2, -0.15) is 0 Å². The molecule has 0 bridgehead atoms. The number of nitrogens with one attached hydrogen (secondary N) is 1. The molecule has 8 nitrogen and oxygen atoms in total. The quantitative estimate of drug-likeness (QED) is 0.387. The third-order valence-corrected chi connectivity index (χ3v) is 9.06. The third-order valence-electron chi connectivity index (χ3n) is 9.06. The lowest BCUT2D eigenvalue weighted by molar-refractivity contribution is 0.192. The fourth-order valence-electron chi connectivity index (χ4n) is 6.46. The summed E-state index contributed by atoms with van der Waals surface area (Å²) in [5, 5.41) is 14.3. The Kier molecular flexibility index (Phi) is 6.97. The Labute approximate surface area is 230 Å². The average Bonchev–Trinajstić information content (AvgIpc) is 3.42. The molecule has 4 aromatic rings. The molecule has 6 rings (SSSR count). The Hall–Kier alpha value is -3.52. The molecule has 1 saturated carbocycles. The summed E-state index contributed by atoms with van der Waals surface area (Å²) in [7, 11) is 0. The van der Waals surface area contributed by atoms with Crippen molar-refractivity contribution in [1.82, 2.24) is 30.1 Å². The number of H-pyrrole nitrogens is 1. The number of pyridine rings is 1. The van der Waals surface area contributed by atoms with Crippen LogP contribution >= 0.6 is 0 Å². The molecule has 0 spiro atoms. The fourth-order valence-corrected chi connectivity index (χ4v) is 6.46. The summed E-state index contributed by atoms with van der Waals surface area (Å²) >= 11 is 0. The second kappa shape index (κ2) is 10.6. The zero-order valence-corrected chi connectivity index (χ0v) is 23.6. The van der Waals surface area contributed by atoms with Gasteiger partial charge < -0.3 is 9.88 Å². The average molecular weight is 526 g/mol. The largest absolute Gasteiger partial charge is 0.369 e. The van der Waals surface area contributed by atoms with Gasteiger partial charge in [-0.1, -0.05) is 31.4 Å². The van der Waals surface area contributed by atoms with Crippen LogP contribution in [0.2, 0.25) is 0 Å². The lowest BCUT2D eigenvalue weighted by atomic mass is 9.95. The van der Waals surface area contributed by atoms with Gasteiger partial charge in [0.25, 0.3) is 5.56 Å². The van der Waals surface area contributed by atoms with Gasteiger partial charge in [0.2, 0.25) is 0 Å². The normalized spacial score (nSPS) is 18.1. The number of aromatic amines is 1. The Morgan fingerprint density at radius 3 is 2.41 bits per heavy atom. The molecule has 204 valence electrons. The first kappa shape index (κ1) is 25.7. The van der Waals surface area contributed by atoms with Gasteiger partial charge in [-0.25, -0.2) is 4.68 Å². The van der Waals surface area contributed by atoms with Crippen LogP contribution in [0, 0.1) is 27.7 Å². The zero-order valence-electron chi connectivity index (χ0n) is 23.6. The van der Waals surface area contributed by atoms with E-state index in [9.17, 15) is 4.79 Å². The highest BCUT2D eigenvalue weighted by Crippen LogP contribution is 2.34. The highest BCUT2D eigenvalue weighted by atomic mass is 16.1. The summed E-state index contributed by atoms with van der Waals surface area (Å²) in [5.41, 5.74) is 7.86. The second-order valence-electron chi connectivity index (χ2n) is 11.5. The number of nitrogens with zero attached hydrogens (tertiary/aromatic N) is 6. The molecular formula is C31H39N7O. The number of anilines is 1. The van der Waals surface area contributed by atoms with E-state index in [1.165, 1.54) is 47.2 Å². The van der Waals surface area contributed by atoms with Gasteiger partial charge in [0.15, 0.2) is 5.82 Å². The molecule has 0 amide bonds. The first-order valence-corrected chi connectivity index (χ1v) is 14.4. The molecule has 1 aliphatic carbocycles. The van der Waals surface area contributed by atoms with E-state index in [-0.39, 0.29) is 17.6 Å². The molecular weight excluding hydrogens is 486 g/mol. The first-order chi connectivity index (χ1) is 18.9. The fraction of sp³-hybridized carbons (Fsp3) is 0.484. The minimum Gasteiger partial charge on any atom is -0.369 e. The number of piperazine rings is 1. The van der Waals surface area contributed by atoms with Crippen molar-refractivity contribution in [1.29, 1.82) is 0 Å². The van der Waals surface area contributed by atoms with Gasteiger partial charge in [0, 0.05) is 42.9 Å². The molecule has 39 heavy (non-hydrogen) atoms. The molecule has 0 radical (unpaired) electrons. The maximum Gasteiger partial charge on any atom is 0.253 e. The second-order valence-corrected chi connectivity index (χ2v) is 11.5. The molecule has 1 saturated heterocycles. The number of hydrogen-bond donors (Lipinski definition) is 1. The number of benzene rings is 2. The van der Waals surface area contributed by atoms with Crippen LogP contribution in [0.25, 0.3) is 10.9 Å². The highest BCUT2D eigenvalue weighted by molar-refractivity contribution is 5.81. The van der Waals surface area contributed by atoms with Crippen LogP contribution in [-0.2, 0) is 0 Å². The third kappa shape index (κ3) is 4.86. The van der Waals surface area contributed by atoms with Crippen LogP contribution in [0.15, 0.2) is 41.2 Å². The highest BCUT2D eigenvalue weighted by Gasteiger charge is 2.34. The zero-order chi connectivity index (χ0) is 27.1. The van der Waals surface area contributed by atoms with E-state index < -0.39 is 0 Å². The van der Waals surface area contributed by atoms with Crippen LogP contribution in [0.5, 0.6) is 0 Å². The Balaban J connectivity index is 1.40. The van der Waals surface area contributed by atoms with Gasteiger partial charge in [0.1, 0.15) is 6.04 Å². The van der Waals surface area contributed by atoms with Crippen molar-refractivity contribution in [3.8, 4) is 0 Å². The van der Waals surface area contributed by atoms with E-state index in [1.54, 1.807) is 0 Å². The van der Waals surface area contributed by atoms with E-state index in [1.807, 2.05) is 4.68 Å². The smallest absolute Gasteiger partial charge is 0.253 e. The summed E-state index contributed by atoms with van der Waals surface area (Å²) in [6.45, 7) is 12.0. The maximum absolute atomic E-state index is 13.7. The molecule has 1 atom stereocenters. The Morgan fingerprint density at radius 2 is 1.64 bits per heavy atom. The van der Waals surface area contributed by atoms with E-state index >= 15 is 0 Å². The molecule has 2 aliphatic rings. The van der Waals surface area contributed by atoms with Gasteiger partial charge in [-0.15, -0.1) is 5.10 Å². The van der Waals surface area contributed by atoms with Crippen LogP contribution in [-0.4, -0.2) is 56.3 Å². The molecule has 8 heteroatoms. The van der Waals surface area contributed by atoms with Crippen LogP contribution in [0.1, 0.15) is 77.8 Å². The molecule has 1 N–H and O–H groups in total. The number of hydrogen-bond acceptors (Lipinski definition) is 6. The van der Waals surface area contributed by atoms with Crippen molar-refractivity contribution < 1.29 is 0 Å². The number of fused-ring (bicyclic) bond motifs is 1. The summed E-state index contributed by atoms with van der Waals surface area (Å²) < 4.78 is 2.03. The van der Waals surface area contributed by atoms with Gasteiger partial charge in [-0.3, -0.25) is 9.69 Å². The predicted octanol–water partition coefficient (Wildman–Crippen LogP) is 5.17.